The molecular formula is C19H21Cl2N3O6. The lowest BCUT2D eigenvalue weighted by molar-refractivity contribution is -0.144. The maximum absolute atomic E-state index is 12.5. The Balaban J connectivity index is 2.10. The van der Waals surface area contributed by atoms with E-state index in [2.05, 4.69) is 0 Å². The number of nitrogens with zero attached hydrogens (tertiary/aromatic N) is 2. The molecule has 0 aliphatic rings. The minimum atomic E-state index is -0.861. The van der Waals surface area contributed by atoms with Crippen molar-refractivity contribution in [2.75, 3.05) is 18.9 Å². The highest BCUT2D eigenvalue weighted by Crippen LogP contribution is 2.27. The summed E-state index contributed by atoms with van der Waals surface area (Å²) < 4.78 is 12.0. The summed E-state index contributed by atoms with van der Waals surface area (Å²) in [7, 11) is 1.24. The molecule has 0 spiro atoms. The first-order valence-electron chi connectivity index (χ1n) is 8.88. The van der Waals surface area contributed by atoms with Crippen LogP contribution >= 0.6 is 23.2 Å². The number of nitrogen functional groups attached to an aromatic ring is 1. The van der Waals surface area contributed by atoms with Gasteiger partial charge in [0.1, 0.15) is 17.1 Å². The number of nitrogens with two attached hydrogens (primary N) is 1. The lowest BCUT2D eigenvalue weighted by Crippen LogP contribution is -2.43. The van der Waals surface area contributed by atoms with Crippen LogP contribution in [0.25, 0.3) is 0 Å². The maximum atomic E-state index is 12.5. The number of rotatable bonds is 8. The Morgan fingerprint density at radius 2 is 1.83 bits per heavy atom. The first kappa shape index (κ1) is 23.5. The second kappa shape index (κ2) is 9.82. The van der Waals surface area contributed by atoms with Crippen LogP contribution < -0.4 is 21.7 Å². The van der Waals surface area contributed by atoms with Gasteiger partial charge in [-0.3, -0.25) is 18.7 Å². The number of ether oxygens (including phenoxy) is 2. The van der Waals surface area contributed by atoms with Crippen LogP contribution in [0, 0.1) is 5.92 Å². The molecule has 0 amide bonds. The quantitative estimate of drug-likeness (QED) is 0.474. The van der Waals surface area contributed by atoms with E-state index in [4.69, 9.17) is 38.4 Å². The van der Waals surface area contributed by atoms with Crippen LogP contribution in [-0.4, -0.2) is 34.1 Å². The van der Waals surface area contributed by atoms with Gasteiger partial charge in [-0.05, 0) is 24.1 Å². The number of carbonyl (C=O) groups excluding carboxylic acids is 2. The molecule has 9 nitrogen and oxygen atoms in total. The summed E-state index contributed by atoms with van der Waals surface area (Å²) in [4.78, 5) is 49.0. The Hall–Kier alpha value is -2.78. The lowest BCUT2D eigenvalue weighted by Gasteiger charge is -2.16. The summed E-state index contributed by atoms with van der Waals surface area (Å²) in [6.45, 7) is 2.67. The van der Waals surface area contributed by atoms with Crippen LogP contribution in [0.15, 0.2) is 27.8 Å². The molecule has 0 saturated heterocycles. The molecule has 0 atom stereocenters. The number of hydrogen-bond acceptors (Lipinski definition) is 7. The molecule has 2 aromatic rings. The van der Waals surface area contributed by atoms with Crippen LogP contribution in [0.3, 0.4) is 0 Å². The fourth-order valence-corrected chi connectivity index (χ4v) is 3.04. The summed E-state index contributed by atoms with van der Waals surface area (Å²) in [6.07, 6.45) is 0. The molecule has 1 aromatic heterocycles. The van der Waals surface area contributed by atoms with Gasteiger partial charge in [-0.15, -0.1) is 0 Å². The van der Waals surface area contributed by atoms with Gasteiger partial charge in [-0.2, -0.15) is 0 Å². The van der Waals surface area contributed by atoms with E-state index < -0.39 is 41.8 Å². The normalized spacial score (nSPS) is 10.9. The van der Waals surface area contributed by atoms with E-state index in [0.717, 1.165) is 9.13 Å². The third-order valence-corrected chi connectivity index (χ3v) is 4.54. The molecule has 0 radical (unpaired) electrons. The van der Waals surface area contributed by atoms with Crippen molar-refractivity contribution in [2.24, 2.45) is 13.0 Å². The molecule has 162 valence electrons. The fourth-order valence-electron chi connectivity index (χ4n) is 2.58. The molecule has 1 heterocycles. The number of Topliss-reactive ketones (excluding diaryl/α,β-unsaturated/α-hetero) is 1. The fraction of sp³-hybridized carbons (Fsp3) is 0.368. The predicted octanol–water partition coefficient (Wildman–Crippen LogP) is 1.90. The van der Waals surface area contributed by atoms with Crippen LogP contribution in [-0.2, 0) is 23.1 Å². The van der Waals surface area contributed by atoms with Crippen molar-refractivity contribution in [3.8, 4) is 5.75 Å². The molecule has 0 fully saturated rings. The Kier molecular flexibility index (Phi) is 7.69. The highest BCUT2D eigenvalue weighted by atomic mass is 35.5. The van der Waals surface area contributed by atoms with Crippen molar-refractivity contribution in [3.63, 3.8) is 0 Å². The van der Waals surface area contributed by atoms with E-state index in [1.54, 1.807) is 0 Å². The number of esters is 1. The zero-order valence-corrected chi connectivity index (χ0v) is 18.1. The van der Waals surface area contributed by atoms with Crippen LogP contribution in [0.1, 0.15) is 24.2 Å². The SMILES string of the molecule is CC(C)Cn1c(N)c(C(=O)COC(=O)COc2ccc(Cl)cc2Cl)c(=O)n(C)c1=O. The van der Waals surface area contributed by atoms with Crippen LogP contribution in [0.4, 0.5) is 5.82 Å². The molecule has 11 heteroatoms. The number of anilines is 1. The Morgan fingerprint density at radius 1 is 1.17 bits per heavy atom. The predicted molar refractivity (Wildman–Crippen MR) is 112 cm³/mol. The molecular weight excluding hydrogens is 437 g/mol. The minimum Gasteiger partial charge on any atom is -0.480 e. The average molecular weight is 458 g/mol. The van der Waals surface area contributed by atoms with Crippen molar-refractivity contribution in [1.29, 1.82) is 0 Å². The molecule has 0 aliphatic carbocycles. The molecule has 30 heavy (non-hydrogen) atoms. The number of halogens is 2. The minimum absolute atomic E-state index is 0.0418. The van der Waals surface area contributed by atoms with Gasteiger partial charge < -0.3 is 15.2 Å². The van der Waals surface area contributed by atoms with Crippen molar-refractivity contribution >= 4 is 40.8 Å². The van der Waals surface area contributed by atoms with Crippen molar-refractivity contribution in [3.05, 3.63) is 54.6 Å². The van der Waals surface area contributed by atoms with Gasteiger partial charge >= 0.3 is 11.7 Å². The molecule has 0 aliphatic heterocycles. The molecule has 0 bridgehead atoms. The van der Waals surface area contributed by atoms with E-state index in [1.807, 2.05) is 13.8 Å². The van der Waals surface area contributed by atoms with Gasteiger partial charge in [0.25, 0.3) is 5.56 Å². The second-order valence-electron chi connectivity index (χ2n) is 6.86. The third-order valence-electron chi connectivity index (χ3n) is 4.01. The zero-order chi connectivity index (χ0) is 22.6. The summed E-state index contributed by atoms with van der Waals surface area (Å²) >= 11 is 11.7. The summed E-state index contributed by atoms with van der Waals surface area (Å²) in [5, 5.41) is 0.605. The highest BCUT2D eigenvalue weighted by molar-refractivity contribution is 6.35. The Labute approximate surface area is 181 Å². The van der Waals surface area contributed by atoms with Crippen molar-refractivity contribution < 1.29 is 19.1 Å². The molecule has 0 saturated carbocycles. The number of benzene rings is 1. The molecule has 0 unspecified atom stereocenters. The smallest absolute Gasteiger partial charge is 0.344 e. The van der Waals surface area contributed by atoms with E-state index in [9.17, 15) is 19.2 Å². The average Bonchev–Trinajstić information content (AvgIpc) is 2.67. The third kappa shape index (κ3) is 5.43. The highest BCUT2D eigenvalue weighted by Gasteiger charge is 2.23. The summed E-state index contributed by atoms with van der Waals surface area (Å²) in [6, 6.07) is 4.45. The van der Waals surface area contributed by atoms with Crippen molar-refractivity contribution in [1.82, 2.24) is 9.13 Å². The van der Waals surface area contributed by atoms with Gasteiger partial charge in [0.15, 0.2) is 13.2 Å². The van der Waals surface area contributed by atoms with Crippen molar-refractivity contribution in [2.45, 2.75) is 20.4 Å². The number of ketones is 1. The lowest BCUT2D eigenvalue weighted by atomic mass is 10.1. The monoisotopic (exact) mass is 457 g/mol. The van der Waals surface area contributed by atoms with Gasteiger partial charge in [0, 0.05) is 18.6 Å². The van der Waals surface area contributed by atoms with E-state index in [1.165, 1.54) is 25.2 Å². The number of aromatic nitrogens is 2. The van der Waals surface area contributed by atoms with E-state index in [0.29, 0.717) is 5.02 Å². The van der Waals surface area contributed by atoms with Crippen LogP contribution in [0.5, 0.6) is 5.75 Å². The van der Waals surface area contributed by atoms with Gasteiger partial charge in [-0.1, -0.05) is 37.0 Å². The maximum Gasteiger partial charge on any atom is 0.344 e. The standard InChI is InChI=1S/C19H21Cl2N3O6/c1-10(2)7-24-17(22)16(18(27)23(3)19(24)28)13(25)8-30-15(26)9-29-14-5-4-11(20)6-12(14)21/h4-6,10H,7-9,22H2,1-3H3. The number of carbonyl (C=O) groups is 2. The van der Waals surface area contributed by atoms with Crippen LogP contribution in [0.2, 0.25) is 10.0 Å². The molecule has 2 rings (SSSR count). The summed E-state index contributed by atoms with van der Waals surface area (Å²) in [5.74, 6) is -1.70. The van der Waals surface area contributed by atoms with Gasteiger partial charge in [0.2, 0.25) is 5.78 Å². The van der Waals surface area contributed by atoms with E-state index >= 15 is 0 Å². The Morgan fingerprint density at radius 3 is 2.43 bits per heavy atom. The first-order chi connectivity index (χ1) is 14.0. The molecule has 2 N–H and O–H groups in total. The zero-order valence-electron chi connectivity index (χ0n) is 16.6. The van der Waals surface area contributed by atoms with Gasteiger partial charge in [0.05, 0.1) is 5.02 Å². The van der Waals surface area contributed by atoms with Gasteiger partial charge in [-0.25, -0.2) is 9.59 Å². The Bertz CT molecular complexity index is 1090. The first-order valence-corrected chi connectivity index (χ1v) is 9.64. The van der Waals surface area contributed by atoms with E-state index in [-0.39, 0.29) is 29.1 Å². The number of hydrogen-bond donors (Lipinski definition) is 1. The molecule has 1 aromatic carbocycles. The summed E-state index contributed by atoms with van der Waals surface area (Å²) in [5.41, 5.74) is 4.01. The topological polar surface area (TPSA) is 123 Å². The largest absolute Gasteiger partial charge is 0.480 e. The second-order valence-corrected chi connectivity index (χ2v) is 7.70.